The van der Waals surface area contributed by atoms with Gasteiger partial charge in [0.1, 0.15) is 0 Å². The maximum atomic E-state index is 6.35. The van der Waals surface area contributed by atoms with Gasteiger partial charge in [0, 0.05) is 17.8 Å². The molecule has 4 aromatic rings. The van der Waals surface area contributed by atoms with Crippen LogP contribution >= 0.6 is 0 Å². The Morgan fingerprint density at radius 3 is 2.26 bits per heavy atom. The van der Waals surface area contributed by atoms with Crippen LogP contribution in [0.25, 0.3) is 32.3 Å². The van der Waals surface area contributed by atoms with E-state index in [0.717, 1.165) is 16.2 Å². The third kappa shape index (κ3) is 2.40. The summed E-state index contributed by atoms with van der Waals surface area (Å²) in [5.41, 5.74) is 0.332. The molecule has 3 aromatic carbocycles. The molecule has 3 nitrogen and oxygen atoms in total. The molecule has 0 atom stereocenters. The van der Waals surface area contributed by atoms with Crippen LogP contribution in [0.1, 0.15) is 27.7 Å². The van der Waals surface area contributed by atoms with Gasteiger partial charge >= 0.3 is 7.12 Å². The van der Waals surface area contributed by atoms with Crippen LogP contribution in [0.5, 0.6) is 0 Å². The minimum absolute atomic E-state index is 0.366. The molecular formula is C23H22BNO2. The number of nitrogens with zero attached hydrogens (tertiary/aromatic N) is 1. The first-order valence-corrected chi connectivity index (χ1v) is 9.41. The van der Waals surface area contributed by atoms with Gasteiger partial charge in [-0.05, 0) is 66.2 Å². The van der Waals surface area contributed by atoms with E-state index in [1.807, 2.05) is 12.4 Å². The number of hydrogen-bond acceptors (Lipinski definition) is 3. The third-order valence-electron chi connectivity index (χ3n) is 6.18. The molecule has 134 valence electrons. The molecule has 4 heteroatoms. The van der Waals surface area contributed by atoms with E-state index in [2.05, 4.69) is 81.2 Å². The molecule has 0 radical (unpaired) electrons. The van der Waals surface area contributed by atoms with Crippen molar-refractivity contribution in [2.24, 2.45) is 0 Å². The Balaban J connectivity index is 1.83. The first-order valence-electron chi connectivity index (χ1n) is 9.41. The van der Waals surface area contributed by atoms with Crippen LogP contribution in [0, 0.1) is 0 Å². The van der Waals surface area contributed by atoms with Gasteiger partial charge in [0.2, 0.25) is 0 Å². The van der Waals surface area contributed by atoms with Crippen molar-refractivity contribution in [1.29, 1.82) is 0 Å². The van der Waals surface area contributed by atoms with Crippen LogP contribution in [-0.2, 0) is 9.31 Å². The van der Waals surface area contributed by atoms with E-state index in [4.69, 9.17) is 9.31 Å². The molecular weight excluding hydrogens is 333 g/mol. The van der Waals surface area contributed by atoms with Gasteiger partial charge in [0.05, 0.1) is 11.2 Å². The lowest BCUT2D eigenvalue weighted by Gasteiger charge is -2.32. The van der Waals surface area contributed by atoms with Gasteiger partial charge in [-0.1, -0.05) is 42.5 Å². The van der Waals surface area contributed by atoms with Gasteiger partial charge in [-0.2, -0.15) is 0 Å². The second kappa shape index (κ2) is 5.54. The molecule has 0 amide bonds. The Morgan fingerprint density at radius 2 is 1.48 bits per heavy atom. The molecule has 2 heterocycles. The normalized spacial score (nSPS) is 18.6. The molecule has 1 saturated heterocycles. The van der Waals surface area contributed by atoms with Gasteiger partial charge < -0.3 is 9.31 Å². The largest absolute Gasteiger partial charge is 0.495 e. The van der Waals surface area contributed by atoms with Crippen molar-refractivity contribution in [2.45, 2.75) is 38.9 Å². The van der Waals surface area contributed by atoms with Gasteiger partial charge in [-0.25, -0.2) is 0 Å². The molecule has 1 aliphatic rings. The summed E-state index contributed by atoms with van der Waals surface area (Å²) in [5, 5.41) is 7.16. The fraction of sp³-hybridized carbons (Fsp3) is 0.261. The van der Waals surface area contributed by atoms with Crippen LogP contribution in [0.4, 0.5) is 0 Å². The second-order valence-electron chi connectivity index (χ2n) is 8.36. The number of aromatic nitrogens is 1. The van der Waals surface area contributed by atoms with Crippen molar-refractivity contribution in [3.05, 3.63) is 60.9 Å². The van der Waals surface area contributed by atoms with Gasteiger partial charge in [-0.15, -0.1) is 0 Å². The Hall–Kier alpha value is -2.43. The summed E-state index contributed by atoms with van der Waals surface area (Å²) in [5.74, 6) is 0. The lowest BCUT2D eigenvalue weighted by molar-refractivity contribution is 0.00578. The highest BCUT2D eigenvalue weighted by Crippen LogP contribution is 2.38. The van der Waals surface area contributed by atoms with E-state index in [1.165, 1.54) is 21.5 Å². The summed E-state index contributed by atoms with van der Waals surface area (Å²) >= 11 is 0. The smallest absolute Gasteiger partial charge is 0.399 e. The SMILES string of the molecule is CC1(C)OB(c2cc3ccc4ccccc4c3c3cnccc23)OC1(C)C. The lowest BCUT2D eigenvalue weighted by Crippen LogP contribution is -2.41. The number of hydrogen-bond donors (Lipinski definition) is 0. The zero-order chi connectivity index (χ0) is 18.8. The highest BCUT2D eigenvalue weighted by Gasteiger charge is 2.52. The average Bonchev–Trinajstić information content (AvgIpc) is 2.88. The predicted octanol–water partition coefficient (Wildman–Crippen LogP) is 4.84. The zero-order valence-electron chi connectivity index (χ0n) is 16.1. The minimum atomic E-state index is -0.393. The molecule has 0 bridgehead atoms. The molecule has 0 aliphatic carbocycles. The van der Waals surface area contributed by atoms with Crippen molar-refractivity contribution in [3.8, 4) is 0 Å². The van der Waals surface area contributed by atoms with E-state index in [1.54, 1.807) is 0 Å². The Kier molecular flexibility index (Phi) is 3.43. The summed E-state index contributed by atoms with van der Waals surface area (Å²) in [6.07, 6.45) is 3.80. The van der Waals surface area contributed by atoms with Gasteiger partial charge in [0.15, 0.2) is 0 Å². The summed E-state index contributed by atoms with van der Waals surface area (Å²) in [4.78, 5) is 4.41. The van der Waals surface area contributed by atoms with Crippen molar-refractivity contribution in [2.75, 3.05) is 0 Å². The molecule has 1 aliphatic heterocycles. The highest BCUT2D eigenvalue weighted by molar-refractivity contribution is 6.66. The molecule has 1 aromatic heterocycles. The standard InChI is InChI=1S/C23H22BNO2/c1-22(2)23(3,4)27-24(26-22)20-13-16-10-9-15-7-5-6-8-17(15)21(16)19-14-25-12-11-18(19)20/h5-14H,1-4H3. The molecule has 1 fully saturated rings. The maximum absolute atomic E-state index is 6.35. The molecule has 5 rings (SSSR count). The molecule has 0 saturated carbocycles. The molecule has 0 N–H and O–H groups in total. The predicted molar refractivity (Wildman–Crippen MR) is 112 cm³/mol. The van der Waals surface area contributed by atoms with E-state index >= 15 is 0 Å². The molecule has 27 heavy (non-hydrogen) atoms. The van der Waals surface area contributed by atoms with Crippen LogP contribution in [-0.4, -0.2) is 23.3 Å². The third-order valence-corrected chi connectivity index (χ3v) is 6.18. The monoisotopic (exact) mass is 355 g/mol. The lowest BCUT2D eigenvalue weighted by atomic mass is 9.75. The van der Waals surface area contributed by atoms with E-state index in [-0.39, 0.29) is 11.2 Å². The Morgan fingerprint density at radius 1 is 0.778 bits per heavy atom. The first-order chi connectivity index (χ1) is 12.9. The quantitative estimate of drug-likeness (QED) is 0.362. The maximum Gasteiger partial charge on any atom is 0.495 e. The van der Waals surface area contributed by atoms with Gasteiger partial charge in [0.25, 0.3) is 0 Å². The van der Waals surface area contributed by atoms with Crippen LogP contribution in [0.3, 0.4) is 0 Å². The first kappa shape index (κ1) is 16.7. The number of benzene rings is 3. The van der Waals surface area contributed by atoms with E-state index in [0.29, 0.717) is 0 Å². The summed E-state index contributed by atoms with van der Waals surface area (Å²) in [6, 6.07) is 17.1. The fourth-order valence-electron chi connectivity index (χ4n) is 3.96. The summed E-state index contributed by atoms with van der Waals surface area (Å²) < 4.78 is 12.7. The fourth-order valence-corrected chi connectivity index (χ4v) is 3.96. The summed E-state index contributed by atoms with van der Waals surface area (Å²) in [6.45, 7) is 8.35. The second-order valence-corrected chi connectivity index (χ2v) is 8.36. The van der Waals surface area contributed by atoms with Crippen molar-refractivity contribution in [1.82, 2.24) is 4.98 Å². The molecule has 0 unspecified atom stereocenters. The minimum Gasteiger partial charge on any atom is -0.399 e. The number of pyridine rings is 1. The van der Waals surface area contributed by atoms with Crippen molar-refractivity contribution >= 4 is 44.9 Å². The Labute approximate surface area is 159 Å². The Bertz CT molecular complexity index is 1180. The van der Waals surface area contributed by atoms with Crippen LogP contribution < -0.4 is 5.46 Å². The van der Waals surface area contributed by atoms with E-state index < -0.39 is 7.12 Å². The summed E-state index contributed by atoms with van der Waals surface area (Å²) in [7, 11) is -0.393. The van der Waals surface area contributed by atoms with E-state index in [9.17, 15) is 0 Å². The van der Waals surface area contributed by atoms with Gasteiger partial charge in [-0.3, -0.25) is 4.98 Å². The van der Waals surface area contributed by atoms with Crippen molar-refractivity contribution < 1.29 is 9.31 Å². The highest BCUT2D eigenvalue weighted by atomic mass is 16.7. The average molecular weight is 355 g/mol. The zero-order valence-corrected chi connectivity index (χ0v) is 16.1. The molecule has 0 spiro atoms. The van der Waals surface area contributed by atoms with Crippen LogP contribution in [0.15, 0.2) is 60.9 Å². The number of fused-ring (bicyclic) bond motifs is 5. The van der Waals surface area contributed by atoms with Crippen molar-refractivity contribution in [3.63, 3.8) is 0 Å². The van der Waals surface area contributed by atoms with Crippen LogP contribution in [0.2, 0.25) is 0 Å². The number of rotatable bonds is 1. The topological polar surface area (TPSA) is 31.4 Å².